The van der Waals surface area contributed by atoms with Gasteiger partial charge in [0.05, 0.1) is 29.7 Å². The van der Waals surface area contributed by atoms with Gasteiger partial charge < -0.3 is 9.64 Å². The number of ether oxygens (including phenoxy) is 1. The number of thiazole rings is 1. The first kappa shape index (κ1) is 27.2. The lowest BCUT2D eigenvalue weighted by molar-refractivity contribution is -0.133. The molecule has 2 aliphatic carbocycles. The minimum absolute atomic E-state index is 0.00537. The molecule has 7 atom stereocenters. The Balaban J connectivity index is 1.20. The molecule has 1 aromatic heterocycles. The molecule has 43 heavy (non-hydrogen) atoms. The molecule has 222 valence electrons. The van der Waals surface area contributed by atoms with Crippen molar-refractivity contribution in [1.82, 2.24) is 9.47 Å². The van der Waals surface area contributed by atoms with E-state index in [1.807, 2.05) is 47.4 Å². The molecule has 7 unspecified atom stereocenters. The summed E-state index contributed by atoms with van der Waals surface area (Å²) in [6.07, 6.45) is 3.96. The van der Waals surface area contributed by atoms with Gasteiger partial charge in [-0.05, 0) is 73.3 Å². The number of methoxy groups -OCH3 is 1. The van der Waals surface area contributed by atoms with Crippen LogP contribution in [0.15, 0.2) is 64.4 Å². The number of imide groups is 1. The van der Waals surface area contributed by atoms with Crippen molar-refractivity contribution in [1.29, 1.82) is 0 Å². The Labute approximate surface area is 258 Å². The van der Waals surface area contributed by atoms with Crippen molar-refractivity contribution in [2.24, 2.45) is 29.6 Å². The standard InChI is InChI=1S/C33H33N3O5S2/c1-41-20-12-10-18(11-13-20)24-25-21-16-22(27-26(21)30(38)36(31(27)39)19-8-4-2-5-9-19)28(25)42-32-29(24)43-33(40)35(32)17-23(37)34-14-6-3-7-15-34/h2,4-5,8-13,21-22,24-28H,3,6-7,14-17H2,1H3. The first-order valence-electron chi connectivity index (χ1n) is 15.2. The van der Waals surface area contributed by atoms with Crippen LogP contribution in [0.2, 0.25) is 0 Å². The second-order valence-corrected chi connectivity index (χ2v) is 14.6. The van der Waals surface area contributed by atoms with Gasteiger partial charge in [0.1, 0.15) is 12.3 Å². The van der Waals surface area contributed by atoms with E-state index in [0.29, 0.717) is 5.69 Å². The number of amides is 3. The van der Waals surface area contributed by atoms with E-state index in [-0.39, 0.29) is 69.9 Å². The predicted octanol–water partition coefficient (Wildman–Crippen LogP) is 4.61. The average molecular weight is 616 g/mol. The fraction of sp³-hybridized carbons (Fsp3) is 0.455. The second kappa shape index (κ2) is 10.4. The van der Waals surface area contributed by atoms with Crippen LogP contribution in [0, 0.1) is 29.6 Å². The van der Waals surface area contributed by atoms with Crippen LogP contribution in [-0.4, -0.2) is 52.6 Å². The monoisotopic (exact) mass is 615 g/mol. The molecule has 2 saturated heterocycles. The van der Waals surface area contributed by atoms with Crippen LogP contribution in [0.1, 0.15) is 42.0 Å². The van der Waals surface area contributed by atoms with Gasteiger partial charge in [0, 0.05) is 29.1 Å². The van der Waals surface area contributed by atoms with Crippen LogP contribution in [0.5, 0.6) is 5.75 Å². The zero-order valence-electron chi connectivity index (χ0n) is 23.9. The highest BCUT2D eigenvalue weighted by molar-refractivity contribution is 8.00. The zero-order chi connectivity index (χ0) is 29.4. The number of aromatic nitrogens is 1. The topological polar surface area (TPSA) is 88.9 Å². The Morgan fingerprint density at radius 1 is 0.907 bits per heavy atom. The number of anilines is 1. The molecule has 3 aliphatic heterocycles. The van der Waals surface area contributed by atoms with Crippen molar-refractivity contribution in [2.75, 3.05) is 25.1 Å². The third-order valence-corrected chi connectivity index (χ3v) is 13.2. The number of hydrogen-bond donors (Lipinski definition) is 0. The Morgan fingerprint density at radius 2 is 1.60 bits per heavy atom. The summed E-state index contributed by atoms with van der Waals surface area (Å²) in [6.45, 7) is 1.53. The highest BCUT2D eigenvalue weighted by Crippen LogP contribution is 2.69. The molecule has 4 heterocycles. The summed E-state index contributed by atoms with van der Waals surface area (Å²) in [5.41, 5.74) is 1.71. The van der Waals surface area contributed by atoms with Crippen molar-refractivity contribution in [2.45, 2.75) is 48.4 Å². The van der Waals surface area contributed by atoms with Crippen molar-refractivity contribution in [3.8, 4) is 5.75 Å². The maximum atomic E-state index is 14.0. The lowest BCUT2D eigenvalue weighted by Gasteiger charge is -2.43. The van der Waals surface area contributed by atoms with Crippen molar-refractivity contribution >= 4 is 46.5 Å². The molecular formula is C33H33N3O5S2. The highest BCUT2D eigenvalue weighted by atomic mass is 32.2. The van der Waals surface area contributed by atoms with Crippen molar-refractivity contribution < 1.29 is 19.1 Å². The van der Waals surface area contributed by atoms with Gasteiger partial charge in [-0.3, -0.25) is 28.6 Å². The van der Waals surface area contributed by atoms with E-state index in [1.165, 1.54) is 16.2 Å². The molecule has 0 radical (unpaired) electrons. The minimum Gasteiger partial charge on any atom is -0.497 e. The summed E-state index contributed by atoms with van der Waals surface area (Å²) in [7, 11) is 1.64. The summed E-state index contributed by atoms with van der Waals surface area (Å²) in [5.74, 6) is -0.0454. The second-order valence-electron chi connectivity index (χ2n) is 12.4. The van der Waals surface area contributed by atoms with Crippen molar-refractivity contribution in [3.63, 3.8) is 0 Å². The average Bonchev–Trinajstić information content (AvgIpc) is 3.76. The first-order chi connectivity index (χ1) is 21.0. The number of likely N-dealkylation sites (tertiary alicyclic amines) is 1. The Bertz CT molecular complexity index is 1660. The van der Waals surface area contributed by atoms with Crippen molar-refractivity contribution in [3.05, 3.63) is 74.7 Å². The van der Waals surface area contributed by atoms with Gasteiger partial charge in [-0.2, -0.15) is 0 Å². The predicted molar refractivity (Wildman–Crippen MR) is 164 cm³/mol. The van der Waals surface area contributed by atoms with Crippen LogP contribution in [0.4, 0.5) is 5.69 Å². The lowest BCUT2D eigenvalue weighted by atomic mass is 9.68. The van der Waals surface area contributed by atoms with E-state index >= 15 is 0 Å². The number of hydrogen-bond acceptors (Lipinski definition) is 7. The SMILES string of the molecule is COc1ccc(C2c3sc(=O)n(CC(=O)N4CCCCC4)c3SC3C4CC(C5C(=O)N(c6ccccc6)C(=O)C45)C23)cc1. The van der Waals surface area contributed by atoms with Gasteiger partial charge in [0.2, 0.25) is 17.7 Å². The number of carbonyl (C=O) groups excluding carboxylic acids is 3. The third-order valence-electron chi connectivity index (χ3n) is 10.4. The number of fused-ring (bicyclic) bond motifs is 9. The molecular weight excluding hydrogens is 583 g/mol. The number of para-hydroxylation sites is 1. The maximum absolute atomic E-state index is 14.0. The number of carbonyl (C=O) groups is 3. The Kier molecular flexibility index (Phi) is 6.56. The van der Waals surface area contributed by atoms with Gasteiger partial charge in [0.15, 0.2) is 0 Å². The highest BCUT2D eigenvalue weighted by Gasteiger charge is 2.69. The fourth-order valence-electron chi connectivity index (χ4n) is 8.65. The normalized spacial score (nSPS) is 30.8. The van der Waals surface area contributed by atoms with Gasteiger partial charge in [-0.1, -0.05) is 41.7 Å². The molecule has 0 N–H and O–H groups in total. The number of piperidine rings is 1. The molecule has 4 fully saturated rings. The van der Waals surface area contributed by atoms with Crippen LogP contribution >= 0.6 is 23.1 Å². The number of rotatable bonds is 5. The lowest BCUT2D eigenvalue weighted by Crippen LogP contribution is -2.43. The molecule has 3 amide bonds. The van der Waals surface area contributed by atoms with E-state index in [1.54, 1.807) is 23.4 Å². The van der Waals surface area contributed by atoms with E-state index in [9.17, 15) is 19.2 Å². The van der Waals surface area contributed by atoms with Gasteiger partial charge in [-0.15, -0.1) is 11.8 Å². The third kappa shape index (κ3) is 4.09. The number of nitrogens with zero attached hydrogens (tertiary/aromatic N) is 3. The Morgan fingerprint density at radius 3 is 2.30 bits per heavy atom. The molecule has 8 nitrogen and oxygen atoms in total. The molecule has 10 heteroatoms. The zero-order valence-corrected chi connectivity index (χ0v) is 25.5. The maximum Gasteiger partial charge on any atom is 0.308 e. The van der Waals surface area contributed by atoms with Crippen LogP contribution < -0.4 is 14.5 Å². The summed E-state index contributed by atoms with van der Waals surface area (Å²) < 4.78 is 7.13. The van der Waals surface area contributed by atoms with Crippen LogP contribution in [-0.2, 0) is 20.9 Å². The van der Waals surface area contributed by atoms with Gasteiger partial charge >= 0.3 is 4.87 Å². The quantitative estimate of drug-likeness (QED) is 0.390. The number of benzene rings is 2. The minimum atomic E-state index is -0.349. The summed E-state index contributed by atoms with van der Waals surface area (Å²) in [4.78, 5) is 58.9. The smallest absolute Gasteiger partial charge is 0.308 e. The van der Waals surface area contributed by atoms with Gasteiger partial charge in [0.25, 0.3) is 0 Å². The Hall–Kier alpha value is -3.37. The van der Waals surface area contributed by atoms with Gasteiger partial charge in [-0.25, -0.2) is 0 Å². The molecule has 2 saturated carbocycles. The molecule has 3 aromatic rings. The molecule has 8 rings (SSSR count). The summed E-state index contributed by atoms with van der Waals surface area (Å²) in [5, 5.41) is 0.937. The fourth-order valence-corrected chi connectivity index (χ4v) is 11.8. The first-order valence-corrected chi connectivity index (χ1v) is 16.9. The van der Waals surface area contributed by atoms with E-state index in [2.05, 4.69) is 12.1 Å². The summed E-state index contributed by atoms with van der Waals surface area (Å²) in [6, 6.07) is 17.3. The van der Waals surface area contributed by atoms with E-state index in [0.717, 1.165) is 60.0 Å². The molecule has 2 bridgehead atoms. The molecule has 0 spiro atoms. The summed E-state index contributed by atoms with van der Waals surface area (Å²) >= 11 is 2.92. The molecule has 5 aliphatic rings. The number of thioether (sulfide) groups is 1. The van der Waals surface area contributed by atoms with E-state index in [4.69, 9.17) is 4.74 Å². The van der Waals surface area contributed by atoms with Crippen LogP contribution in [0.25, 0.3) is 0 Å². The largest absolute Gasteiger partial charge is 0.497 e. The van der Waals surface area contributed by atoms with E-state index < -0.39 is 0 Å². The van der Waals surface area contributed by atoms with Crippen LogP contribution in [0.3, 0.4) is 0 Å². The molecule has 2 aromatic carbocycles.